The molecular formula is C65H40N12O16. The molecule has 0 spiro atoms. The van der Waals surface area contributed by atoms with Gasteiger partial charge in [-0.15, -0.1) is 20.4 Å². The third-order valence-electron chi connectivity index (χ3n) is 15.1. The Bertz CT molecular complexity index is 4310. The number of hydrogen-bond donors (Lipinski definition) is 8. The third-order valence-corrected chi connectivity index (χ3v) is 15.1. The molecule has 0 aliphatic carbocycles. The highest BCUT2D eigenvalue weighted by molar-refractivity contribution is 5.97. The second kappa shape index (κ2) is 23.6. The highest BCUT2D eigenvalue weighted by Crippen LogP contribution is 2.47. The molecule has 0 radical (unpaired) electrons. The van der Waals surface area contributed by atoms with Crippen molar-refractivity contribution in [2.45, 2.75) is 5.41 Å². The normalized spacial score (nSPS) is 11.3. The van der Waals surface area contributed by atoms with Crippen LogP contribution in [0.4, 0.5) is 0 Å². The summed E-state index contributed by atoms with van der Waals surface area (Å²) in [5.41, 5.74) is 2.72. The fourth-order valence-electron chi connectivity index (χ4n) is 10.6. The zero-order chi connectivity index (χ0) is 65.6. The van der Waals surface area contributed by atoms with E-state index < -0.39 is 53.2 Å². The van der Waals surface area contributed by atoms with Crippen molar-refractivity contribution in [1.29, 1.82) is 0 Å². The van der Waals surface area contributed by atoms with Crippen LogP contribution in [0.1, 0.15) is 105 Å². The Kier molecular flexibility index (Phi) is 15.1. The number of rotatable bonds is 20. The fraction of sp³-hybridized carbons (Fsp3) is 0.0154. The van der Waals surface area contributed by atoms with Crippen LogP contribution in [0.15, 0.2) is 195 Å². The van der Waals surface area contributed by atoms with E-state index in [1.807, 2.05) is 48.5 Å². The van der Waals surface area contributed by atoms with Crippen LogP contribution in [0.25, 0.3) is 67.8 Å². The summed E-state index contributed by atoms with van der Waals surface area (Å²) >= 11 is 0. The van der Waals surface area contributed by atoms with Gasteiger partial charge < -0.3 is 40.9 Å². The molecule has 0 bridgehead atoms. The lowest BCUT2D eigenvalue weighted by Gasteiger charge is -2.37. The Morgan fingerprint density at radius 3 is 0.559 bits per heavy atom. The van der Waals surface area contributed by atoms with E-state index in [1.165, 1.54) is 92.0 Å². The number of carboxylic acids is 8. The monoisotopic (exact) mass is 1240 g/mol. The summed E-state index contributed by atoms with van der Waals surface area (Å²) in [6.07, 6.45) is 6.01. The average molecular weight is 1250 g/mol. The lowest BCUT2D eigenvalue weighted by atomic mass is 9.64. The molecule has 0 atom stereocenters. The maximum atomic E-state index is 12.0. The summed E-state index contributed by atoms with van der Waals surface area (Å²) in [5.74, 6) is -10.9. The van der Waals surface area contributed by atoms with Gasteiger partial charge in [0.1, 0.15) is 22.8 Å². The van der Waals surface area contributed by atoms with Crippen LogP contribution in [0.3, 0.4) is 0 Å². The van der Waals surface area contributed by atoms with Gasteiger partial charge in [-0.25, -0.2) is 57.1 Å². The molecule has 93 heavy (non-hydrogen) atoms. The van der Waals surface area contributed by atoms with Crippen molar-refractivity contribution in [1.82, 2.24) is 60.0 Å². The van der Waals surface area contributed by atoms with Crippen LogP contribution in [-0.4, -0.2) is 149 Å². The van der Waals surface area contributed by atoms with Crippen LogP contribution in [0.2, 0.25) is 0 Å². The molecule has 28 nitrogen and oxygen atoms in total. The zero-order valence-corrected chi connectivity index (χ0v) is 47.2. The van der Waals surface area contributed by atoms with Gasteiger partial charge in [0.15, 0.2) is 0 Å². The maximum Gasteiger partial charge on any atom is 0.335 e. The van der Waals surface area contributed by atoms with Gasteiger partial charge in [-0.3, -0.25) is 0 Å². The first-order chi connectivity index (χ1) is 44.6. The molecule has 0 saturated heterocycles. The zero-order valence-electron chi connectivity index (χ0n) is 47.2. The Hall–Kier alpha value is -13.9. The molecule has 0 saturated carbocycles. The van der Waals surface area contributed by atoms with Crippen molar-refractivity contribution in [2.75, 3.05) is 0 Å². The van der Waals surface area contributed by atoms with E-state index in [1.54, 1.807) is 48.5 Å². The predicted octanol–water partition coefficient (Wildman–Crippen LogP) is 8.65. The van der Waals surface area contributed by atoms with E-state index in [-0.39, 0.29) is 67.3 Å². The molecule has 0 fully saturated rings. The summed E-state index contributed by atoms with van der Waals surface area (Å²) in [7, 11) is 0. The van der Waals surface area contributed by atoms with Crippen LogP contribution in [-0.2, 0) is 5.41 Å². The maximum absolute atomic E-state index is 12.0. The van der Waals surface area contributed by atoms with Crippen molar-refractivity contribution in [2.24, 2.45) is 0 Å². The van der Waals surface area contributed by atoms with Crippen molar-refractivity contribution >= 4 is 47.8 Å². The summed E-state index contributed by atoms with van der Waals surface area (Å²) < 4.78 is 4.98. The molecule has 12 rings (SSSR count). The Morgan fingerprint density at radius 1 is 0.247 bits per heavy atom. The number of hydrogen-bond acceptors (Lipinski definition) is 16. The molecule has 0 amide bonds. The van der Waals surface area contributed by atoms with Crippen LogP contribution in [0, 0.1) is 0 Å². The standard InChI is InChI=1S/C65H40N12O16/c78-57(79)37-17-38(58(80)81)22-49(21-37)74-29-53(66-70-74)33-1-9-45(10-2-33)65(46-11-3-34(4-12-46)54-30-75(71-67-54)50-23-39(59(82)83)18-40(24-50)60(84)85,47-13-5-35(6-14-47)55-31-76(72-68-55)51-25-41(61(86)87)19-42(26-51)62(88)89)48-15-7-36(8-16-48)56-32-77(73-69-56)52-27-43(63(90)91)20-44(28-52)64(92)93/h1-32H,(H,78,79)(H,80,81)(H,82,83)(H,84,85)(H,86,87)(H,88,89)(H,90,91)(H,92,93). The molecule has 12 aromatic rings. The number of benzene rings is 8. The first kappa shape index (κ1) is 59.4. The Morgan fingerprint density at radius 2 is 0.409 bits per heavy atom. The highest BCUT2D eigenvalue weighted by atomic mass is 16.4. The lowest BCUT2D eigenvalue weighted by Crippen LogP contribution is -2.31. The topological polar surface area (TPSA) is 421 Å². The molecule has 8 aromatic carbocycles. The first-order valence-corrected chi connectivity index (χ1v) is 27.2. The minimum atomic E-state index is -1.36. The van der Waals surface area contributed by atoms with Gasteiger partial charge in [0.25, 0.3) is 0 Å². The summed E-state index contributed by atoms with van der Waals surface area (Å²) in [6.45, 7) is 0. The van der Waals surface area contributed by atoms with Gasteiger partial charge in [-0.1, -0.05) is 118 Å². The van der Waals surface area contributed by atoms with Crippen LogP contribution < -0.4 is 0 Å². The second-order valence-corrected chi connectivity index (χ2v) is 20.8. The van der Waals surface area contributed by atoms with E-state index in [4.69, 9.17) is 0 Å². The molecule has 4 heterocycles. The van der Waals surface area contributed by atoms with E-state index in [9.17, 15) is 79.2 Å². The van der Waals surface area contributed by atoms with Crippen LogP contribution >= 0.6 is 0 Å². The van der Waals surface area contributed by atoms with Gasteiger partial charge in [-0.05, 0) is 95.1 Å². The summed E-state index contributed by atoms with van der Waals surface area (Å²) in [5, 5.41) is 113. The SMILES string of the molecule is O=C(O)c1cc(C(=O)O)cc(-n2cc(-c3ccc(C(c4ccc(-c5cn(-c6cc(C(=O)O)cc(C(=O)O)c6)nn5)cc4)(c4ccc(-c5cn(-c6cc(C(=O)O)cc(C(=O)O)c6)nn5)cc4)c4ccc(-c5cn(-c6cc(C(=O)O)cc(C(=O)O)c6)nn5)cc4)cc3)nn2)c1. The molecule has 0 unspecified atom stereocenters. The predicted molar refractivity (Wildman–Crippen MR) is 322 cm³/mol. The first-order valence-electron chi connectivity index (χ1n) is 27.2. The number of aromatic nitrogens is 12. The summed E-state index contributed by atoms with van der Waals surface area (Å²) in [6, 6.07) is 43.1. The molecule has 456 valence electrons. The van der Waals surface area contributed by atoms with Crippen molar-refractivity contribution < 1.29 is 79.2 Å². The summed E-state index contributed by atoms with van der Waals surface area (Å²) in [4.78, 5) is 96.1. The number of aromatic carboxylic acids is 8. The third kappa shape index (κ3) is 11.5. The minimum Gasteiger partial charge on any atom is -0.478 e. The van der Waals surface area contributed by atoms with Gasteiger partial charge in [-0.2, -0.15) is 0 Å². The highest BCUT2D eigenvalue weighted by Gasteiger charge is 2.39. The molecule has 0 aliphatic rings. The number of carbonyl (C=O) groups is 8. The Balaban J connectivity index is 1.01. The van der Waals surface area contributed by atoms with E-state index in [0.717, 1.165) is 24.3 Å². The second-order valence-electron chi connectivity index (χ2n) is 20.8. The van der Waals surface area contributed by atoms with Crippen LogP contribution in [0.5, 0.6) is 0 Å². The van der Waals surface area contributed by atoms with Gasteiger partial charge in [0.2, 0.25) is 0 Å². The lowest BCUT2D eigenvalue weighted by molar-refractivity contribution is 0.0676. The van der Waals surface area contributed by atoms with Gasteiger partial charge in [0.05, 0.1) is 97.5 Å². The van der Waals surface area contributed by atoms with Gasteiger partial charge in [0, 0.05) is 22.3 Å². The molecule has 4 aromatic heterocycles. The average Bonchev–Trinajstić information content (AvgIpc) is 0.887. The number of carboxylic acid groups (broad SMARTS) is 8. The fourth-order valence-corrected chi connectivity index (χ4v) is 10.6. The minimum absolute atomic E-state index is 0.115. The molecule has 28 heteroatoms. The molecule has 0 aliphatic heterocycles. The molecule has 8 N–H and O–H groups in total. The number of nitrogens with zero attached hydrogens (tertiary/aromatic N) is 12. The smallest absolute Gasteiger partial charge is 0.335 e. The van der Waals surface area contributed by atoms with Crippen molar-refractivity contribution in [3.05, 3.63) is 261 Å². The Labute approximate surface area is 519 Å². The van der Waals surface area contributed by atoms with Gasteiger partial charge >= 0.3 is 47.8 Å². The van der Waals surface area contributed by atoms with Crippen molar-refractivity contribution in [3.63, 3.8) is 0 Å². The van der Waals surface area contributed by atoms with Crippen molar-refractivity contribution in [3.8, 4) is 67.8 Å². The van der Waals surface area contributed by atoms with E-state index in [2.05, 4.69) is 41.2 Å². The van der Waals surface area contributed by atoms with E-state index in [0.29, 0.717) is 67.3 Å². The quantitative estimate of drug-likeness (QED) is 0.0331. The van der Waals surface area contributed by atoms with E-state index >= 15 is 0 Å². The molecular weight excluding hydrogens is 1200 g/mol. The largest absolute Gasteiger partial charge is 0.478 e.